The molecule has 4 heterocycles. The molecule has 0 bridgehead atoms. The van der Waals surface area contributed by atoms with Crippen LogP contribution in [0.15, 0.2) is 24.7 Å². The summed E-state index contributed by atoms with van der Waals surface area (Å²) in [4.78, 5) is 15.8. The third-order valence-electron chi connectivity index (χ3n) is 4.68. The number of fused-ring (bicyclic) bond motifs is 1. The summed E-state index contributed by atoms with van der Waals surface area (Å²) in [6.07, 6.45) is 6.06. The standard InChI is InChI=1S/C17H21AsN6/c1-11-8-23(2)22-15(11)12-4-3-7-24(9-12)14-6-5-13-16(21-14)17(18)20-10-19-13/h5-6,8,10,12H,3-4,7,9,18H2,1-2H3. The predicted molar refractivity (Wildman–Crippen MR) is 97.6 cm³/mol. The summed E-state index contributed by atoms with van der Waals surface area (Å²) in [5.41, 5.74) is 4.35. The molecule has 0 aromatic carbocycles. The van der Waals surface area contributed by atoms with E-state index in [4.69, 9.17) is 4.98 Å². The molecule has 0 saturated carbocycles. The van der Waals surface area contributed by atoms with E-state index in [1.807, 2.05) is 11.7 Å². The molecule has 0 radical (unpaired) electrons. The van der Waals surface area contributed by atoms with E-state index in [0.717, 1.165) is 40.8 Å². The molecule has 0 N–H and O–H groups in total. The van der Waals surface area contributed by atoms with Crippen LogP contribution in [0.3, 0.4) is 0 Å². The van der Waals surface area contributed by atoms with Gasteiger partial charge in [0.2, 0.25) is 0 Å². The van der Waals surface area contributed by atoms with Crippen molar-refractivity contribution in [2.75, 3.05) is 18.0 Å². The van der Waals surface area contributed by atoms with Gasteiger partial charge in [0.1, 0.15) is 0 Å². The molecule has 1 saturated heterocycles. The summed E-state index contributed by atoms with van der Waals surface area (Å²) in [7, 11) is 1.99. The number of pyridine rings is 1. The number of aryl methyl sites for hydroxylation is 2. The third kappa shape index (κ3) is 2.79. The van der Waals surface area contributed by atoms with Gasteiger partial charge in [0.25, 0.3) is 0 Å². The van der Waals surface area contributed by atoms with Gasteiger partial charge in [-0.05, 0) is 0 Å². The van der Waals surface area contributed by atoms with Gasteiger partial charge in [-0.2, -0.15) is 0 Å². The summed E-state index contributed by atoms with van der Waals surface area (Å²) in [5.74, 6) is 1.49. The Morgan fingerprint density at radius 1 is 1.25 bits per heavy atom. The molecule has 0 amide bonds. The zero-order valence-corrected chi connectivity index (χ0v) is 16.4. The van der Waals surface area contributed by atoms with E-state index in [1.165, 1.54) is 34.5 Å². The Hall–Kier alpha value is -1.94. The van der Waals surface area contributed by atoms with E-state index >= 15 is 0 Å². The van der Waals surface area contributed by atoms with Crippen molar-refractivity contribution >= 4 is 38.2 Å². The Labute approximate surface area is 149 Å². The van der Waals surface area contributed by atoms with Gasteiger partial charge in [-0.15, -0.1) is 0 Å². The van der Waals surface area contributed by atoms with Crippen molar-refractivity contribution in [2.24, 2.45) is 7.05 Å². The number of anilines is 1. The Morgan fingerprint density at radius 2 is 2.12 bits per heavy atom. The maximum absolute atomic E-state index is 4.85. The second-order valence-electron chi connectivity index (χ2n) is 6.45. The van der Waals surface area contributed by atoms with Gasteiger partial charge < -0.3 is 0 Å². The van der Waals surface area contributed by atoms with Crippen LogP contribution in [0.4, 0.5) is 5.82 Å². The molecule has 1 aliphatic rings. The SMILES string of the molecule is Cc1cn(C)nc1C1CCCN(c2ccc3ncnc([AsH2])c3n2)C1. The fourth-order valence-electron chi connectivity index (χ4n) is 3.56. The van der Waals surface area contributed by atoms with Crippen LogP contribution in [0.1, 0.15) is 30.0 Å². The molecule has 6 nitrogen and oxygen atoms in total. The van der Waals surface area contributed by atoms with Crippen molar-refractivity contribution in [1.29, 1.82) is 0 Å². The van der Waals surface area contributed by atoms with Gasteiger partial charge in [0.05, 0.1) is 0 Å². The fraction of sp³-hybridized carbons (Fsp3) is 0.412. The normalized spacial score (nSPS) is 18.3. The minimum absolute atomic E-state index is 0.467. The average Bonchev–Trinajstić information content (AvgIpc) is 2.93. The molecule has 7 heteroatoms. The maximum atomic E-state index is 4.85. The molecule has 1 aliphatic heterocycles. The van der Waals surface area contributed by atoms with Crippen LogP contribution < -0.4 is 9.38 Å². The van der Waals surface area contributed by atoms with Gasteiger partial charge in [-0.1, -0.05) is 0 Å². The van der Waals surface area contributed by atoms with E-state index in [9.17, 15) is 0 Å². The van der Waals surface area contributed by atoms with E-state index < -0.39 is 0 Å². The number of rotatable bonds is 2. The number of aromatic nitrogens is 5. The number of nitrogens with zero attached hydrogens (tertiary/aromatic N) is 6. The first kappa shape index (κ1) is 15.6. The first-order chi connectivity index (χ1) is 11.6. The Kier molecular flexibility index (Phi) is 4.00. The van der Waals surface area contributed by atoms with Gasteiger partial charge in [-0.25, -0.2) is 0 Å². The van der Waals surface area contributed by atoms with Crippen LogP contribution >= 0.6 is 0 Å². The van der Waals surface area contributed by atoms with Crippen LogP contribution in [0.2, 0.25) is 0 Å². The van der Waals surface area contributed by atoms with E-state index in [0.29, 0.717) is 5.92 Å². The monoisotopic (exact) mass is 384 g/mol. The Bertz CT molecular complexity index is 890. The summed E-state index contributed by atoms with van der Waals surface area (Å²) in [6.45, 7) is 4.16. The summed E-state index contributed by atoms with van der Waals surface area (Å²) < 4.78 is 2.91. The number of hydrogen-bond donors (Lipinski definition) is 0. The molecule has 1 fully saturated rings. The van der Waals surface area contributed by atoms with Crippen LogP contribution in [0.25, 0.3) is 11.0 Å². The zero-order chi connectivity index (χ0) is 16.7. The first-order valence-electron chi connectivity index (χ1n) is 8.24. The van der Waals surface area contributed by atoms with E-state index in [1.54, 1.807) is 6.33 Å². The van der Waals surface area contributed by atoms with Crippen LogP contribution in [-0.2, 0) is 7.05 Å². The molecular weight excluding hydrogens is 363 g/mol. The van der Waals surface area contributed by atoms with Crippen molar-refractivity contribution in [3.05, 3.63) is 35.9 Å². The minimum atomic E-state index is 0.467. The molecule has 4 rings (SSSR count). The summed E-state index contributed by atoms with van der Waals surface area (Å²) in [6, 6.07) is 4.13. The van der Waals surface area contributed by atoms with Gasteiger partial charge in [0, 0.05) is 0 Å². The molecule has 2 atom stereocenters. The summed E-state index contributed by atoms with van der Waals surface area (Å²) >= 11 is 1.49. The molecule has 0 spiro atoms. The fourth-order valence-corrected chi connectivity index (χ4v) is 4.15. The van der Waals surface area contributed by atoms with Gasteiger partial charge >= 0.3 is 150 Å². The Balaban J connectivity index is 1.64. The van der Waals surface area contributed by atoms with Gasteiger partial charge in [0.15, 0.2) is 0 Å². The van der Waals surface area contributed by atoms with Crippen molar-refractivity contribution in [1.82, 2.24) is 24.7 Å². The molecule has 0 aliphatic carbocycles. The number of piperidine rings is 1. The van der Waals surface area contributed by atoms with E-state index in [-0.39, 0.29) is 0 Å². The molecule has 124 valence electrons. The average molecular weight is 384 g/mol. The van der Waals surface area contributed by atoms with Crippen molar-refractivity contribution < 1.29 is 0 Å². The van der Waals surface area contributed by atoms with Gasteiger partial charge in [-0.3, -0.25) is 0 Å². The molecule has 2 unspecified atom stereocenters. The second kappa shape index (κ2) is 6.17. The quantitative estimate of drug-likeness (QED) is 0.609. The first-order valence-corrected chi connectivity index (χ1v) is 9.45. The van der Waals surface area contributed by atoms with E-state index in [2.05, 4.69) is 45.2 Å². The van der Waals surface area contributed by atoms with Crippen molar-refractivity contribution in [3.63, 3.8) is 0 Å². The number of hydrogen-bond acceptors (Lipinski definition) is 5. The molecule has 3 aromatic rings. The van der Waals surface area contributed by atoms with Crippen LogP contribution in [0.5, 0.6) is 0 Å². The topological polar surface area (TPSA) is 59.7 Å². The third-order valence-corrected chi connectivity index (χ3v) is 5.56. The summed E-state index contributed by atoms with van der Waals surface area (Å²) in [5, 5.41) is 4.68. The van der Waals surface area contributed by atoms with Crippen LogP contribution in [0, 0.1) is 6.92 Å². The Morgan fingerprint density at radius 3 is 2.92 bits per heavy atom. The molecule has 3 aromatic heterocycles. The predicted octanol–water partition coefficient (Wildman–Crippen LogP) is 0.709. The molecule has 24 heavy (non-hydrogen) atoms. The van der Waals surface area contributed by atoms with Crippen molar-refractivity contribution in [3.8, 4) is 0 Å². The van der Waals surface area contributed by atoms with Crippen LogP contribution in [-0.4, -0.2) is 54.7 Å². The molecular formula is C17H21AsN6. The zero-order valence-electron chi connectivity index (χ0n) is 14.0. The second-order valence-corrected chi connectivity index (χ2v) is 7.60. The van der Waals surface area contributed by atoms with Crippen molar-refractivity contribution in [2.45, 2.75) is 25.7 Å².